The summed E-state index contributed by atoms with van der Waals surface area (Å²) in [6.45, 7) is -0.0394. The highest BCUT2D eigenvalue weighted by atomic mass is 35.5. The number of hydrogen-bond acceptors (Lipinski definition) is 5. The van der Waals surface area contributed by atoms with E-state index in [1.54, 1.807) is 18.2 Å². The number of methoxy groups -OCH3 is 3. The normalized spacial score (nSPS) is 11.4. The fourth-order valence-electron chi connectivity index (χ4n) is 1.47. The van der Waals surface area contributed by atoms with Gasteiger partial charge in [0.15, 0.2) is 0 Å². The van der Waals surface area contributed by atoms with Crippen molar-refractivity contribution in [3.8, 4) is 11.5 Å². The summed E-state index contributed by atoms with van der Waals surface area (Å²) in [5.41, 5.74) is 0.321. The largest absolute Gasteiger partial charge is 0.497 e. The molecule has 1 aromatic carbocycles. The van der Waals surface area contributed by atoms with Gasteiger partial charge in [-0.1, -0.05) is 0 Å². The predicted molar refractivity (Wildman–Crippen MR) is 73.5 cm³/mol. The Hall–Kier alpha value is -1.95. The Morgan fingerprint density at radius 2 is 1.95 bits per heavy atom. The smallest absolute Gasteiger partial charge is 0.325 e. The van der Waals surface area contributed by atoms with E-state index in [-0.39, 0.29) is 6.54 Å². The van der Waals surface area contributed by atoms with Crippen LogP contribution in [-0.2, 0) is 9.53 Å². The van der Waals surface area contributed by atoms with Gasteiger partial charge in [0, 0.05) is 12.6 Å². The predicted octanol–water partition coefficient (Wildman–Crippen LogP) is 1.21. The summed E-state index contributed by atoms with van der Waals surface area (Å²) >= 11 is 5.74. The number of ether oxygens (including phenoxy) is 3. The zero-order chi connectivity index (χ0) is 15.1. The van der Waals surface area contributed by atoms with Crippen LogP contribution < -0.4 is 14.8 Å². The molecule has 1 unspecified atom stereocenters. The Balaban J connectivity index is 2.75. The van der Waals surface area contributed by atoms with Crippen LogP contribution in [-0.4, -0.2) is 45.1 Å². The molecule has 1 atom stereocenters. The van der Waals surface area contributed by atoms with Crippen molar-refractivity contribution in [1.82, 2.24) is 5.32 Å². The van der Waals surface area contributed by atoms with Crippen molar-refractivity contribution in [2.24, 2.45) is 0 Å². The van der Waals surface area contributed by atoms with Gasteiger partial charge < -0.3 is 19.5 Å². The first kappa shape index (κ1) is 16.1. The molecule has 0 aliphatic heterocycles. The van der Waals surface area contributed by atoms with Crippen molar-refractivity contribution in [3.63, 3.8) is 0 Å². The van der Waals surface area contributed by atoms with E-state index in [1.807, 2.05) is 0 Å². The lowest BCUT2D eigenvalue weighted by Gasteiger charge is -2.12. The molecule has 6 nitrogen and oxygen atoms in total. The molecule has 0 spiro atoms. The van der Waals surface area contributed by atoms with Crippen LogP contribution in [0.1, 0.15) is 10.4 Å². The lowest BCUT2D eigenvalue weighted by atomic mass is 10.1. The van der Waals surface area contributed by atoms with Gasteiger partial charge in [0.05, 0.1) is 26.9 Å². The molecule has 0 bridgehead atoms. The lowest BCUT2D eigenvalue weighted by molar-refractivity contribution is -0.140. The summed E-state index contributed by atoms with van der Waals surface area (Å²) in [7, 11) is 4.19. The van der Waals surface area contributed by atoms with Crippen LogP contribution in [0.25, 0.3) is 0 Å². The van der Waals surface area contributed by atoms with Crippen molar-refractivity contribution < 1.29 is 23.8 Å². The van der Waals surface area contributed by atoms with E-state index in [9.17, 15) is 9.59 Å². The van der Waals surface area contributed by atoms with E-state index in [4.69, 9.17) is 21.1 Å². The first-order chi connectivity index (χ1) is 9.53. The lowest BCUT2D eigenvalue weighted by Crippen LogP contribution is -2.34. The Labute approximate surface area is 122 Å². The maximum absolute atomic E-state index is 12.0. The van der Waals surface area contributed by atoms with Gasteiger partial charge in [-0.05, 0) is 12.1 Å². The molecule has 0 fully saturated rings. The van der Waals surface area contributed by atoms with E-state index in [1.165, 1.54) is 21.3 Å². The van der Waals surface area contributed by atoms with Crippen molar-refractivity contribution >= 4 is 23.5 Å². The van der Waals surface area contributed by atoms with Crippen molar-refractivity contribution in [2.45, 2.75) is 5.38 Å². The fraction of sp³-hybridized carbons (Fsp3) is 0.385. The van der Waals surface area contributed by atoms with E-state index >= 15 is 0 Å². The third kappa shape index (κ3) is 4.03. The molecule has 0 aliphatic rings. The number of carbonyl (C=O) groups is 2. The minimum Gasteiger partial charge on any atom is -0.497 e. The number of esters is 1. The van der Waals surface area contributed by atoms with Crippen LogP contribution in [0.4, 0.5) is 0 Å². The van der Waals surface area contributed by atoms with E-state index in [0.717, 1.165) is 0 Å². The molecule has 0 aromatic heterocycles. The summed E-state index contributed by atoms with van der Waals surface area (Å²) in [5.74, 6) is -0.0676. The van der Waals surface area contributed by atoms with Gasteiger partial charge in [0.25, 0.3) is 5.91 Å². The topological polar surface area (TPSA) is 73.9 Å². The second-order valence-electron chi connectivity index (χ2n) is 3.77. The zero-order valence-corrected chi connectivity index (χ0v) is 12.2. The van der Waals surface area contributed by atoms with Crippen LogP contribution in [0.3, 0.4) is 0 Å². The van der Waals surface area contributed by atoms with Crippen molar-refractivity contribution in [2.75, 3.05) is 27.9 Å². The van der Waals surface area contributed by atoms with E-state index < -0.39 is 17.3 Å². The van der Waals surface area contributed by atoms with Crippen molar-refractivity contribution in [1.29, 1.82) is 0 Å². The molecule has 110 valence electrons. The standard InChI is InChI=1S/C13H16ClNO5/c1-18-8-4-5-9(11(6-8)19-2)12(16)15-7-10(14)13(17)20-3/h4-6,10H,7H2,1-3H3,(H,15,16). The third-order valence-electron chi connectivity index (χ3n) is 2.55. The molecule has 0 aliphatic carbocycles. The minimum absolute atomic E-state index is 0.0394. The highest BCUT2D eigenvalue weighted by Crippen LogP contribution is 2.24. The van der Waals surface area contributed by atoms with Gasteiger partial charge >= 0.3 is 5.97 Å². The molecule has 1 rings (SSSR count). The van der Waals surface area contributed by atoms with Crippen LogP contribution in [0.15, 0.2) is 18.2 Å². The highest BCUT2D eigenvalue weighted by molar-refractivity contribution is 6.30. The molecule has 0 heterocycles. The second kappa shape index (κ2) is 7.59. The Morgan fingerprint density at radius 3 is 2.50 bits per heavy atom. The van der Waals surface area contributed by atoms with E-state index in [0.29, 0.717) is 17.1 Å². The van der Waals surface area contributed by atoms with Gasteiger partial charge in [-0.2, -0.15) is 0 Å². The number of nitrogens with one attached hydrogen (secondary N) is 1. The summed E-state index contributed by atoms with van der Waals surface area (Å²) in [6, 6.07) is 4.79. The minimum atomic E-state index is -0.937. The number of carbonyl (C=O) groups excluding carboxylic acids is 2. The van der Waals surface area contributed by atoms with Crippen LogP contribution >= 0.6 is 11.6 Å². The average molecular weight is 302 g/mol. The van der Waals surface area contributed by atoms with Gasteiger partial charge in [-0.25, -0.2) is 0 Å². The van der Waals surface area contributed by atoms with Crippen LogP contribution in [0, 0.1) is 0 Å². The van der Waals surface area contributed by atoms with Crippen molar-refractivity contribution in [3.05, 3.63) is 23.8 Å². The molecule has 1 amide bonds. The second-order valence-corrected chi connectivity index (χ2v) is 4.29. The molecule has 0 radical (unpaired) electrons. The molecular weight excluding hydrogens is 286 g/mol. The Morgan fingerprint density at radius 1 is 1.25 bits per heavy atom. The van der Waals surface area contributed by atoms with Crippen LogP contribution in [0.2, 0.25) is 0 Å². The van der Waals surface area contributed by atoms with Gasteiger partial charge in [0.1, 0.15) is 16.9 Å². The number of halogens is 1. The quantitative estimate of drug-likeness (QED) is 0.631. The number of rotatable bonds is 6. The zero-order valence-electron chi connectivity index (χ0n) is 11.4. The summed E-state index contributed by atoms with van der Waals surface area (Å²) in [5, 5.41) is 1.60. The maximum Gasteiger partial charge on any atom is 0.325 e. The molecule has 20 heavy (non-hydrogen) atoms. The number of alkyl halides is 1. The average Bonchev–Trinajstić information content (AvgIpc) is 2.50. The number of hydrogen-bond donors (Lipinski definition) is 1. The molecular formula is C13H16ClNO5. The van der Waals surface area contributed by atoms with E-state index in [2.05, 4.69) is 10.1 Å². The molecule has 0 saturated carbocycles. The summed E-state index contributed by atoms with van der Waals surface area (Å²) in [4.78, 5) is 23.1. The van der Waals surface area contributed by atoms with Crippen LogP contribution in [0.5, 0.6) is 11.5 Å². The van der Waals surface area contributed by atoms with Gasteiger partial charge in [-0.3, -0.25) is 9.59 Å². The van der Waals surface area contributed by atoms with Gasteiger partial charge in [0.2, 0.25) is 0 Å². The number of amides is 1. The summed E-state index contributed by atoms with van der Waals surface area (Å²) < 4.78 is 14.6. The molecule has 1 N–H and O–H groups in total. The first-order valence-electron chi connectivity index (χ1n) is 5.75. The number of benzene rings is 1. The highest BCUT2D eigenvalue weighted by Gasteiger charge is 2.19. The Bertz CT molecular complexity index is 492. The fourth-order valence-corrected chi connectivity index (χ4v) is 1.64. The van der Waals surface area contributed by atoms with Gasteiger partial charge in [-0.15, -0.1) is 11.6 Å². The maximum atomic E-state index is 12.0. The first-order valence-corrected chi connectivity index (χ1v) is 6.19. The monoisotopic (exact) mass is 301 g/mol. The SMILES string of the molecule is COC(=O)C(Cl)CNC(=O)c1ccc(OC)cc1OC. The molecule has 7 heteroatoms. The summed E-state index contributed by atoms with van der Waals surface area (Å²) in [6.07, 6.45) is 0. The molecule has 0 saturated heterocycles. The Kier molecular flexibility index (Phi) is 6.11. The third-order valence-corrected chi connectivity index (χ3v) is 2.88. The molecule has 1 aromatic rings.